The molecular formula is C25H24Cl2N6O4S. The lowest BCUT2D eigenvalue weighted by molar-refractivity contribution is -0.116. The molecule has 0 aliphatic rings. The molecule has 0 fully saturated rings. The highest BCUT2D eigenvalue weighted by Crippen LogP contribution is 2.33. The molecule has 0 amide bonds. The second kappa shape index (κ2) is 11.8. The minimum Gasteiger partial charge on any atom is -0.497 e. The molecule has 1 aromatic heterocycles. The zero-order chi connectivity index (χ0) is 27.3. The molecule has 1 heterocycles. The van der Waals surface area contributed by atoms with E-state index < -0.39 is 10.0 Å². The van der Waals surface area contributed by atoms with E-state index in [1.165, 1.54) is 25.3 Å². The minimum absolute atomic E-state index is 0.0248. The van der Waals surface area contributed by atoms with Crippen LogP contribution in [0.25, 0.3) is 11.0 Å². The van der Waals surface area contributed by atoms with Gasteiger partial charge in [0.2, 0.25) is 0 Å². The van der Waals surface area contributed by atoms with Crippen molar-refractivity contribution in [2.75, 3.05) is 42.6 Å². The van der Waals surface area contributed by atoms with Crippen LogP contribution in [-0.2, 0) is 14.8 Å². The van der Waals surface area contributed by atoms with Crippen LogP contribution in [0.3, 0.4) is 0 Å². The summed E-state index contributed by atoms with van der Waals surface area (Å²) in [4.78, 5) is 20.8. The minimum atomic E-state index is -4.15. The Bertz CT molecular complexity index is 1600. The third kappa shape index (κ3) is 6.43. The Morgan fingerprint density at radius 2 is 1.55 bits per heavy atom. The number of halogens is 2. The van der Waals surface area contributed by atoms with Gasteiger partial charge in [-0.1, -0.05) is 35.3 Å². The first-order valence-corrected chi connectivity index (χ1v) is 13.5. The molecule has 198 valence electrons. The molecule has 13 heteroatoms. The second-order valence-corrected chi connectivity index (χ2v) is 10.5. The number of nitrogens with zero attached hydrogens (tertiary/aromatic N) is 2. The number of ether oxygens (including phenoxy) is 1. The van der Waals surface area contributed by atoms with Crippen LogP contribution in [0.15, 0.2) is 65.6 Å². The molecule has 0 saturated carbocycles. The fraction of sp³-hybridized carbons (Fsp3) is 0.160. The molecule has 38 heavy (non-hydrogen) atoms. The van der Waals surface area contributed by atoms with Gasteiger partial charge in [0.15, 0.2) is 17.4 Å². The van der Waals surface area contributed by atoms with Gasteiger partial charge in [0.25, 0.3) is 10.0 Å². The number of hydrogen-bond donors (Lipinski definition) is 4. The quantitative estimate of drug-likeness (QED) is 0.201. The van der Waals surface area contributed by atoms with Crippen molar-refractivity contribution in [2.45, 2.75) is 4.90 Å². The number of fused-ring (bicyclic) bond motifs is 1. The summed E-state index contributed by atoms with van der Waals surface area (Å²) >= 11 is 12.6. The summed E-state index contributed by atoms with van der Waals surface area (Å²) in [7, 11) is -0.974. The van der Waals surface area contributed by atoms with Gasteiger partial charge in [0, 0.05) is 6.07 Å². The third-order valence-electron chi connectivity index (χ3n) is 5.33. The van der Waals surface area contributed by atoms with Crippen molar-refractivity contribution in [1.82, 2.24) is 15.3 Å². The van der Waals surface area contributed by atoms with Gasteiger partial charge in [-0.2, -0.15) is 0 Å². The summed E-state index contributed by atoms with van der Waals surface area (Å²) in [6.45, 7) is 0.140. The van der Waals surface area contributed by atoms with Crippen molar-refractivity contribution in [3.63, 3.8) is 0 Å². The number of carbonyl (C=O) groups is 1. The predicted molar refractivity (Wildman–Crippen MR) is 151 cm³/mol. The zero-order valence-electron chi connectivity index (χ0n) is 20.4. The second-order valence-electron chi connectivity index (χ2n) is 8.05. The number of sulfonamides is 1. The van der Waals surface area contributed by atoms with Gasteiger partial charge in [0.1, 0.15) is 5.75 Å². The number of methoxy groups -OCH3 is 1. The smallest absolute Gasteiger partial charge is 0.263 e. The summed E-state index contributed by atoms with van der Waals surface area (Å²) in [5.41, 5.74) is 1.76. The van der Waals surface area contributed by atoms with Gasteiger partial charge in [-0.3, -0.25) is 9.52 Å². The van der Waals surface area contributed by atoms with E-state index in [-0.39, 0.29) is 40.4 Å². The normalized spacial score (nSPS) is 11.3. The summed E-state index contributed by atoms with van der Waals surface area (Å²) in [5, 5.41) is 9.34. The van der Waals surface area contributed by atoms with E-state index in [1.54, 1.807) is 49.5 Å². The van der Waals surface area contributed by atoms with Crippen LogP contribution in [0.5, 0.6) is 5.75 Å². The number of benzene rings is 3. The molecule has 10 nitrogen and oxygen atoms in total. The van der Waals surface area contributed by atoms with Crippen LogP contribution in [0, 0.1) is 0 Å². The summed E-state index contributed by atoms with van der Waals surface area (Å²) in [6.07, 6.45) is 0. The predicted octanol–water partition coefficient (Wildman–Crippen LogP) is 4.69. The zero-order valence-corrected chi connectivity index (χ0v) is 22.7. The van der Waals surface area contributed by atoms with E-state index in [9.17, 15) is 13.2 Å². The van der Waals surface area contributed by atoms with E-state index in [1.807, 2.05) is 0 Å². The Hall–Kier alpha value is -3.64. The number of nitrogens with one attached hydrogen (secondary N) is 4. The Balaban J connectivity index is 1.70. The summed E-state index contributed by atoms with van der Waals surface area (Å²) in [5.74, 6) is 0.513. The third-order valence-corrected chi connectivity index (χ3v) is 7.32. The molecule has 3 aromatic carbocycles. The van der Waals surface area contributed by atoms with E-state index in [0.717, 1.165) is 0 Å². The van der Waals surface area contributed by atoms with E-state index in [0.29, 0.717) is 33.2 Å². The fourth-order valence-corrected chi connectivity index (χ4v) is 4.84. The number of hydrogen-bond acceptors (Lipinski definition) is 9. The first-order valence-electron chi connectivity index (χ1n) is 11.3. The molecule has 0 aliphatic heterocycles. The molecule has 0 radical (unpaired) electrons. The van der Waals surface area contributed by atoms with Crippen LogP contribution in [0.1, 0.15) is 0 Å². The number of aromatic nitrogens is 2. The lowest BCUT2D eigenvalue weighted by atomic mass is 10.3. The largest absolute Gasteiger partial charge is 0.497 e. The van der Waals surface area contributed by atoms with Crippen molar-refractivity contribution in [3.05, 3.63) is 70.7 Å². The first-order chi connectivity index (χ1) is 18.2. The lowest BCUT2D eigenvalue weighted by Crippen LogP contribution is -2.25. The topological polar surface area (TPSA) is 134 Å². The number of likely N-dealkylation sites (N-methyl/N-ethyl adjacent to an activating group) is 1. The number of rotatable bonds is 11. The molecule has 0 unspecified atom stereocenters. The Morgan fingerprint density at radius 3 is 2.24 bits per heavy atom. The van der Waals surface area contributed by atoms with Crippen molar-refractivity contribution in [1.29, 1.82) is 0 Å². The van der Waals surface area contributed by atoms with Crippen molar-refractivity contribution in [3.8, 4) is 5.75 Å². The van der Waals surface area contributed by atoms with Gasteiger partial charge < -0.3 is 20.7 Å². The Labute approximate surface area is 229 Å². The highest BCUT2D eigenvalue weighted by atomic mass is 35.5. The van der Waals surface area contributed by atoms with Crippen molar-refractivity contribution < 1.29 is 17.9 Å². The Morgan fingerprint density at radius 1 is 0.895 bits per heavy atom. The fourth-order valence-electron chi connectivity index (χ4n) is 3.46. The highest BCUT2D eigenvalue weighted by molar-refractivity contribution is 7.92. The molecule has 4 aromatic rings. The van der Waals surface area contributed by atoms with E-state index in [2.05, 4.69) is 30.6 Å². The van der Waals surface area contributed by atoms with Gasteiger partial charge in [-0.05, 0) is 49.5 Å². The molecule has 4 N–H and O–H groups in total. The molecule has 0 spiro atoms. The van der Waals surface area contributed by atoms with Gasteiger partial charge in [-0.25, -0.2) is 18.4 Å². The maximum Gasteiger partial charge on any atom is 0.263 e. The molecule has 0 bridgehead atoms. The van der Waals surface area contributed by atoms with Crippen LogP contribution < -0.4 is 25.4 Å². The molecule has 0 saturated heterocycles. The maximum absolute atomic E-state index is 13.4. The molecular weight excluding hydrogens is 551 g/mol. The van der Waals surface area contributed by atoms with Crippen LogP contribution >= 0.6 is 23.2 Å². The van der Waals surface area contributed by atoms with Gasteiger partial charge in [0.05, 0.1) is 57.5 Å². The number of anilines is 4. The Kier molecular flexibility index (Phi) is 8.52. The average Bonchev–Trinajstić information content (AvgIpc) is 2.89. The summed E-state index contributed by atoms with van der Waals surface area (Å²) < 4.78 is 34.6. The standard InChI is InChI=1S/C25H24Cl2N6O4S/c1-28-13-15(34)14-29-22-12-17(8-10-18(22)26)38(35,36)33-25-24(30-20-5-3-4-6-21(20)31-25)32-23-11-16(37-2)7-9-19(23)27/h3-12,28-29H,13-14H2,1-2H3,(H,30,32)(H,31,33). The van der Waals surface area contributed by atoms with Gasteiger partial charge >= 0.3 is 0 Å². The van der Waals surface area contributed by atoms with Crippen molar-refractivity contribution in [2.24, 2.45) is 0 Å². The van der Waals surface area contributed by atoms with Crippen LogP contribution in [0.2, 0.25) is 10.0 Å². The molecule has 4 rings (SSSR count). The number of ketones is 1. The van der Waals surface area contributed by atoms with Crippen LogP contribution in [0.4, 0.5) is 23.0 Å². The maximum atomic E-state index is 13.4. The SMILES string of the molecule is CNCC(=O)CNc1cc(S(=O)(=O)Nc2nc3ccccc3nc2Nc2cc(OC)ccc2Cl)ccc1Cl. The molecule has 0 atom stereocenters. The molecule has 0 aliphatic carbocycles. The van der Waals surface area contributed by atoms with E-state index >= 15 is 0 Å². The summed E-state index contributed by atoms with van der Waals surface area (Å²) in [6, 6.07) is 16.2. The number of Topliss-reactive ketones (excluding diaryl/α,β-unsaturated/α-hetero) is 1. The lowest BCUT2D eigenvalue weighted by Gasteiger charge is -2.16. The number of para-hydroxylation sites is 2. The van der Waals surface area contributed by atoms with E-state index in [4.69, 9.17) is 27.9 Å². The monoisotopic (exact) mass is 574 g/mol. The number of carbonyl (C=O) groups excluding carboxylic acids is 1. The van der Waals surface area contributed by atoms with Crippen LogP contribution in [-0.4, -0.2) is 51.4 Å². The highest BCUT2D eigenvalue weighted by Gasteiger charge is 2.21. The first kappa shape index (κ1) is 27.4. The van der Waals surface area contributed by atoms with Crippen molar-refractivity contribution >= 4 is 73.1 Å². The average molecular weight is 575 g/mol. The van der Waals surface area contributed by atoms with Gasteiger partial charge in [-0.15, -0.1) is 0 Å².